The first kappa shape index (κ1) is 15.3. The quantitative estimate of drug-likeness (QED) is 0.781. The van der Waals surface area contributed by atoms with Gasteiger partial charge in [-0.05, 0) is 38.1 Å². The summed E-state index contributed by atoms with van der Waals surface area (Å²) in [6.07, 6.45) is 10.2. The molecule has 0 aromatic rings. The van der Waals surface area contributed by atoms with E-state index in [1.807, 2.05) is 0 Å². The Bertz CT molecular complexity index is 280. The van der Waals surface area contributed by atoms with Crippen molar-refractivity contribution in [1.82, 2.24) is 5.32 Å². The van der Waals surface area contributed by atoms with Crippen molar-refractivity contribution in [1.29, 1.82) is 0 Å². The first-order chi connectivity index (χ1) is 9.15. The summed E-state index contributed by atoms with van der Waals surface area (Å²) in [6.45, 7) is 10.3. The first-order valence-corrected chi connectivity index (χ1v) is 8.54. The van der Waals surface area contributed by atoms with Crippen LogP contribution in [0.25, 0.3) is 0 Å². The molecule has 2 nitrogen and oxygen atoms in total. The van der Waals surface area contributed by atoms with E-state index in [0.29, 0.717) is 23.7 Å². The van der Waals surface area contributed by atoms with Gasteiger partial charge in [0.2, 0.25) is 0 Å². The van der Waals surface area contributed by atoms with Crippen LogP contribution in [0.1, 0.15) is 72.6 Å². The Kier molecular flexibility index (Phi) is 5.30. The van der Waals surface area contributed by atoms with Gasteiger partial charge in [0.15, 0.2) is 0 Å². The summed E-state index contributed by atoms with van der Waals surface area (Å²) in [7, 11) is 0. The predicted molar refractivity (Wildman–Crippen MR) is 81.4 cm³/mol. The van der Waals surface area contributed by atoms with Crippen LogP contribution in [0.5, 0.6) is 0 Å². The van der Waals surface area contributed by atoms with E-state index in [1.165, 1.54) is 44.9 Å². The Morgan fingerprint density at radius 1 is 1.16 bits per heavy atom. The fraction of sp³-hybridized carbons (Fsp3) is 1.00. The minimum atomic E-state index is 0.353. The van der Waals surface area contributed by atoms with Crippen LogP contribution in [0, 0.1) is 11.3 Å². The molecule has 1 N–H and O–H groups in total. The van der Waals surface area contributed by atoms with Crippen molar-refractivity contribution in [2.75, 3.05) is 6.54 Å². The second-order valence-electron chi connectivity index (χ2n) is 6.82. The van der Waals surface area contributed by atoms with Gasteiger partial charge in [-0.2, -0.15) is 0 Å². The van der Waals surface area contributed by atoms with Crippen molar-refractivity contribution >= 4 is 0 Å². The summed E-state index contributed by atoms with van der Waals surface area (Å²) >= 11 is 0. The molecule has 0 amide bonds. The molecule has 19 heavy (non-hydrogen) atoms. The van der Waals surface area contributed by atoms with Crippen LogP contribution in [0.3, 0.4) is 0 Å². The lowest BCUT2D eigenvalue weighted by molar-refractivity contribution is -0.175. The molecule has 0 aliphatic heterocycles. The van der Waals surface area contributed by atoms with E-state index in [9.17, 15) is 0 Å². The summed E-state index contributed by atoms with van der Waals surface area (Å²) in [5.74, 6) is 0.813. The molecule has 0 bridgehead atoms. The van der Waals surface area contributed by atoms with Gasteiger partial charge in [-0.1, -0.05) is 47.0 Å². The van der Waals surface area contributed by atoms with Crippen molar-refractivity contribution in [2.45, 2.75) is 90.9 Å². The molecule has 2 heteroatoms. The lowest BCUT2D eigenvalue weighted by Gasteiger charge is -2.55. The normalized spacial score (nSPS) is 42.9. The van der Waals surface area contributed by atoms with E-state index in [4.69, 9.17) is 4.74 Å². The highest BCUT2D eigenvalue weighted by Crippen LogP contribution is 2.47. The molecule has 0 saturated heterocycles. The highest BCUT2D eigenvalue weighted by molar-refractivity contribution is 5.05. The van der Waals surface area contributed by atoms with E-state index in [0.717, 1.165) is 12.5 Å². The van der Waals surface area contributed by atoms with Crippen molar-refractivity contribution in [2.24, 2.45) is 11.3 Å². The number of rotatable bonds is 6. The summed E-state index contributed by atoms with van der Waals surface area (Å²) in [5, 5.41) is 3.64. The van der Waals surface area contributed by atoms with Crippen molar-refractivity contribution in [3.63, 3.8) is 0 Å². The van der Waals surface area contributed by atoms with E-state index >= 15 is 0 Å². The van der Waals surface area contributed by atoms with Gasteiger partial charge in [0.1, 0.15) is 0 Å². The molecular formula is C17H33NO. The Balaban J connectivity index is 1.92. The second-order valence-corrected chi connectivity index (χ2v) is 6.82. The summed E-state index contributed by atoms with van der Waals surface area (Å²) in [5.41, 5.74) is 0.353. The molecule has 0 heterocycles. The number of hydrogen-bond acceptors (Lipinski definition) is 2. The van der Waals surface area contributed by atoms with Gasteiger partial charge < -0.3 is 10.1 Å². The highest BCUT2D eigenvalue weighted by Gasteiger charge is 2.51. The molecule has 2 aliphatic carbocycles. The monoisotopic (exact) mass is 267 g/mol. The fourth-order valence-corrected chi connectivity index (χ4v) is 4.10. The largest absolute Gasteiger partial charge is 0.374 e. The average Bonchev–Trinajstić information content (AvgIpc) is 2.45. The van der Waals surface area contributed by atoms with E-state index < -0.39 is 0 Å². The zero-order chi connectivity index (χ0) is 13.9. The topological polar surface area (TPSA) is 21.3 Å². The number of nitrogens with one attached hydrogen (secondary N) is 1. The maximum Gasteiger partial charge on any atom is 0.0662 e. The average molecular weight is 267 g/mol. The van der Waals surface area contributed by atoms with Crippen LogP contribution in [-0.4, -0.2) is 24.8 Å². The molecule has 0 spiro atoms. The van der Waals surface area contributed by atoms with Gasteiger partial charge in [-0.3, -0.25) is 0 Å². The number of hydrogen-bond donors (Lipinski definition) is 1. The van der Waals surface area contributed by atoms with Crippen LogP contribution in [0.4, 0.5) is 0 Å². The van der Waals surface area contributed by atoms with E-state index in [-0.39, 0.29) is 0 Å². The van der Waals surface area contributed by atoms with Gasteiger partial charge in [-0.15, -0.1) is 0 Å². The van der Waals surface area contributed by atoms with E-state index in [1.54, 1.807) is 0 Å². The van der Waals surface area contributed by atoms with Gasteiger partial charge >= 0.3 is 0 Å². The predicted octanol–water partition coefficient (Wildman–Crippen LogP) is 4.14. The van der Waals surface area contributed by atoms with Crippen LogP contribution in [0.15, 0.2) is 0 Å². The maximum absolute atomic E-state index is 6.57. The van der Waals surface area contributed by atoms with Crippen LogP contribution in [-0.2, 0) is 4.74 Å². The van der Waals surface area contributed by atoms with Crippen LogP contribution >= 0.6 is 0 Å². The molecule has 2 rings (SSSR count). The Morgan fingerprint density at radius 3 is 2.53 bits per heavy atom. The third kappa shape index (κ3) is 3.00. The zero-order valence-corrected chi connectivity index (χ0v) is 13.4. The van der Waals surface area contributed by atoms with Gasteiger partial charge in [0.25, 0.3) is 0 Å². The molecule has 2 fully saturated rings. The third-order valence-corrected chi connectivity index (χ3v) is 5.90. The molecule has 0 aromatic carbocycles. The van der Waals surface area contributed by atoms with E-state index in [2.05, 4.69) is 33.0 Å². The fourth-order valence-electron chi connectivity index (χ4n) is 4.10. The van der Waals surface area contributed by atoms with Crippen molar-refractivity contribution < 1.29 is 4.74 Å². The first-order valence-electron chi connectivity index (χ1n) is 8.54. The molecule has 5 unspecified atom stereocenters. The Hall–Kier alpha value is -0.0800. The second kappa shape index (κ2) is 6.58. The van der Waals surface area contributed by atoms with Gasteiger partial charge in [0.05, 0.1) is 12.2 Å². The lowest BCUT2D eigenvalue weighted by atomic mass is 9.61. The SMILES string of the molecule is CCNC1CC(OC2CCCCC2CC)C1(C)CC. The van der Waals surface area contributed by atoms with Crippen molar-refractivity contribution in [3.8, 4) is 0 Å². The number of ether oxygens (including phenoxy) is 1. The van der Waals surface area contributed by atoms with Crippen molar-refractivity contribution in [3.05, 3.63) is 0 Å². The third-order valence-electron chi connectivity index (χ3n) is 5.90. The highest BCUT2D eigenvalue weighted by atomic mass is 16.5. The molecule has 112 valence electrons. The van der Waals surface area contributed by atoms with Gasteiger partial charge in [0, 0.05) is 11.5 Å². The maximum atomic E-state index is 6.57. The molecule has 0 radical (unpaired) electrons. The molecular weight excluding hydrogens is 234 g/mol. The molecule has 2 aliphatic rings. The minimum absolute atomic E-state index is 0.353. The van der Waals surface area contributed by atoms with Gasteiger partial charge in [-0.25, -0.2) is 0 Å². The molecule has 5 atom stereocenters. The molecule has 0 aromatic heterocycles. The Labute approximate surface area is 119 Å². The minimum Gasteiger partial charge on any atom is -0.374 e. The summed E-state index contributed by atoms with van der Waals surface area (Å²) in [4.78, 5) is 0. The Morgan fingerprint density at radius 2 is 1.89 bits per heavy atom. The summed E-state index contributed by atoms with van der Waals surface area (Å²) in [6, 6.07) is 0.663. The van der Waals surface area contributed by atoms with Crippen LogP contribution < -0.4 is 5.32 Å². The standard InChI is InChI=1S/C17H33NO/c1-5-13-10-8-9-11-14(13)19-16-12-15(18-7-3)17(16,4)6-2/h13-16,18H,5-12H2,1-4H3. The summed E-state index contributed by atoms with van der Waals surface area (Å²) < 4.78 is 6.57. The lowest BCUT2D eigenvalue weighted by Crippen LogP contribution is -2.63. The van der Waals surface area contributed by atoms with Crippen LogP contribution in [0.2, 0.25) is 0 Å². The zero-order valence-electron chi connectivity index (χ0n) is 13.4. The molecule has 2 saturated carbocycles. The smallest absolute Gasteiger partial charge is 0.0662 e.